The molecular weight excluding hydrogens is 352 g/mol. The minimum atomic E-state index is 0.146. The number of rotatable bonds is 5. The number of nitrogen functional groups attached to an aromatic ring is 1. The Hall–Kier alpha value is -1.23. The first-order chi connectivity index (χ1) is 11.1. The number of anilines is 1. The van der Waals surface area contributed by atoms with Crippen LogP contribution in [-0.4, -0.2) is 62.8 Å². The first-order valence-corrected chi connectivity index (χ1v) is 9.91. The van der Waals surface area contributed by atoms with E-state index < -0.39 is 0 Å². The van der Waals surface area contributed by atoms with Gasteiger partial charge in [0.2, 0.25) is 11.0 Å². The maximum Gasteiger partial charge on any atom is 0.233 e. The lowest BCUT2D eigenvalue weighted by atomic mass is 10.3. The quantitative estimate of drug-likeness (QED) is 0.794. The number of carbonyl (C=O) groups excluding carboxylic acids is 1. The molecule has 0 unspecified atom stereocenters. The number of hydrogen-bond acceptors (Lipinski definition) is 9. The normalized spacial score (nSPS) is 16.0. The molecule has 0 bridgehead atoms. The highest BCUT2D eigenvalue weighted by Gasteiger charge is 2.22. The first kappa shape index (κ1) is 16.6. The van der Waals surface area contributed by atoms with Crippen LogP contribution in [0.2, 0.25) is 0 Å². The Labute approximate surface area is 146 Å². The van der Waals surface area contributed by atoms with E-state index in [1.165, 1.54) is 23.1 Å². The summed E-state index contributed by atoms with van der Waals surface area (Å²) >= 11 is 4.39. The van der Waals surface area contributed by atoms with Gasteiger partial charge < -0.3 is 10.6 Å². The summed E-state index contributed by atoms with van der Waals surface area (Å²) in [6.07, 6.45) is 0. The van der Waals surface area contributed by atoms with E-state index in [1.807, 2.05) is 11.8 Å². The summed E-state index contributed by atoms with van der Waals surface area (Å²) in [5.41, 5.74) is 6.66. The van der Waals surface area contributed by atoms with Gasteiger partial charge in [-0.15, -0.1) is 21.5 Å². The zero-order valence-corrected chi connectivity index (χ0v) is 15.2. The molecule has 0 saturated carbocycles. The van der Waals surface area contributed by atoms with Gasteiger partial charge in [0.1, 0.15) is 0 Å². The number of nitrogens with two attached hydrogens (primary N) is 1. The molecule has 2 aromatic rings. The zero-order valence-electron chi connectivity index (χ0n) is 12.8. The van der Waals surface area contributed by atoms with Crippen molar-refractivity contribution in [1.82, 2.24) is 25.0 Å². The van der Waals surface area contributed by atoms with Crippen molar-refractivity contribution in [2.45, 2.75) is 17.8 Å². The van der Waals surface area contributed by atoms with Crippen molar-refractivity contribution in [2.75, 3.05) is 37.7 Å². The van der Waals surface area contributed by atoms with Gasteiger partial charge in [-0.25, -0.2) is 4.98 Å². The average Bonchev–Trinajstić information content (AvgIpc) is 3.14. The average molecular weight is 371 g/mol. The summed E-state index contributed by atoms with van der Waals surface area (Å²) in [6.45, 7) is 6.19. The van der Waals surface area contributed by atoms with Gasteiger partial charge in [0.15, 0.2) is 4.34 Å². The maximum atomic E-state index is 12.2. The Balaban J connectivity index is 1.42. The molecule has 7 nitrogen and oxygen atoms in total. The third-order valence-electron chi connectivity index (χ3n) is 3.52. The fraction of sp³-hybridized carbons (Fsp3) is 0.538. The van der Waals surface area contributed by atoms with E-state index in [2.05, 4.69) is 25.5 Å². The molecule has 0 radical (unpaired) electrons. The highest BCUT2D eigenvalue weighted by Crippen LogP contribution is 2.23. The summed E-state index contributed by atoms with van der Waals surface area (Å²) in [7, 11) is 0. The van der Waals surface area contributed by atoms with E-state index >= 15 is 0 Å². The summed E-state index contributed by atoms with van der Waals surface area (Å²) in [5.74, 6) is 0.535. The largest absolute Gasteiger partial charge is 0.374 e. The maximum absolute atomic E-state index is 12.2. The second-order valence-corrected chi connectivity index (χ2v) is 8.50. The second-order valence-electron chi connectivity index (χ2n) is 5.21. The van der Waals surface area contributed by atoms with Gasteiger partial charge >= 0.3 is 0 Å². The molecule has 3 rings (SSSR count). The number of nitrogens with zero attached hydrogens (tertiary/aromatic N) is 5. The molecule has 1 saturated heterocycles. The van der Waals surface area contributed by atoms with Crippen LogP contribution in [-0.2, 0) is 11.3 Å². The number of aromatic nitrogens is 3. The van der Waals surface area contributed by atoms with E-state index in [9.17, 15) is 4.79 Å². The van der Waals surface area contributed by atoms with Crippen molar-refractivity contribution >= 4 is 45.5 Å². The van der Waals surface area contributed by atoms with Crippen LogP contribution < -0.4 is 5.73 Å². The molecule has 3 heterocycles. The van der Waals surface area contributed by atoms with Crippen molar-refractivity contribution in [3.05, 3.63) is 16.1 Å². The first-order valence-electron chi connectivity index (χ1n) is 7.23. The van der Waals surface area contributed by atoms with Crippen molar-refractivity contribution in [2.24, 2.45) is 0 Å². The highest BCUT2D eigenvalue weighted by atomic mass is 32.2. The van der Waals surface area contributed by atoms with Crippen molar-refractivity contribution in [1.29, 1.82) is 0 Å². The van der Waals surface area contributed by atoms with E-state index in [0.717, 1.165) is 47.8 Å². The summed E-state index contributed by atoms with van der Waals surface area (Å²) in [4.78, 5) is 21.0. The number of thioether (sulfide) groups is 1. The number of thiazole rings is 1. The van der Waals surface area contributed by atoms with Gasteiger partial charge in [0.05, 0.1) is 16.5 Å². The fourth-order valence-electron chi connectivity index (χ4n) is 2.36. The smallest absolute Gasteiger partial charge is 0.233 e. The summed E-state index contributed by atoms with van der Waals surface area (Å²) in [5, 5.41) is 11.3. The Bertz CT molecular complexity index is 664. The van der Waals surface area contributed by atoms with Gasteiger partial charge in [-0.3, -0.25) is 9.69 Å². The minimum Gasteiger partial charge on any atom is -0.374 e. The molecule has 1 aliphatic rings. The molecule has 0 spiro atoms. The SMILES string of the molecule is Cc1nc(CN2CCN(C(=O)CSc3nnc(N)s3)CC2)cs1. The molecular formula is C13H18N6OS3. The Morgan fingerprint density at radius 1 is 1.35 bits per heavy atom. The predicted octanol–water partition coefficient (Wildman–Crippen LogP) is 1.32. The topological polar surface area (TPSA) is 88.2 Å². The molecule has 0 aliphatic carbocycles. The van der Waals surface area contributed by atoms with E-state index in [-0.39, 0.29) is 5.91 Å². The lowest BCUT2D eigenvalue weighted by Gasteiger charge is -2.34. The molecule has 0 atom stereocenters. The van der Waals surface area contributed by atoms with E-state index in [4.69, 9.17) is 5.73 Å². The predicted molar refractivity (Wildman–Crippen MR) is 93.8 cm³/mol. The Kier molecular flexibility index (Phi) is 5.46. The van der Waals surface area contributed by atoms with Gasteiger partial charge in [-0.05, 0) is 6.92 Å². The number of piperazine rings is 1. The second kappa shape index (κ2) is 7.56. The van der Waals surface area contributed by atoms with Crippen molar-refractivity contribution in [3.63, 3.8) is 0 Å². The Morgan fingerprint density at radius 3 is 2.74 bits per heavy atom. The lowest BCUT2D eigenvalue weighted by molar-refractivity contribution is -0.130. The highest BCUT2D eigenvalue weighted by molar-refractivity contribution is 8.01. The summed E-state index contributed by atoms with van der Waals surface area (Å²) < 4.78 is 0.744. The fourth-order valence-corrected chi connectivity index (χ4v) is 4.50. The van der Waals surface area contributed by atoms with Crippen molar-refractivity contribution < 1.29 is 4.79 Å². The van der Waals surface area contributed by atoms with Crippen LogP contribution in [0.5, 0.6) is 0 Å². The lowest BCUT2D eigenvalue weighted by Crippen LogP contribution is -2.48. The molecule has 2 aromatic heterocycles. The number of aryl methyl sites for hydroxylation is 1. The minimum absolute atomic E-state index is 0.146. The van der Waals surface area contributed by atoms with E-state index in [0.29, 0.717) is 10.9 Å². The van der Waals surface area contributed by atoms with Crippen LogP contribution in [0.15, 0.2) is 9.72 Å². The van der Waals surface area contributed by atoms with Gasteiger partial charge in [0, 0.05) is 38.1 Å². The van der Waals surface area contributed by atoms with Gasteiger partial charge in [-0.2, -0.15) is 0 Å². The molecule has 2 N–H and O–H groups in total. The third-order valence-corrected chi connectivity index (χ3v) is 6.21. The van der Waals surface area contributed by atoms with E-state index in [1.54, 1.807) is 11.3 Å². The monoisotopic (exact) mass is 370 g/mol. The van der Waals surface area contributed by atoms with Crippen LogP contribution in [0.4, 0.5) is 5.13 Å². The Morgan fingerprint density at radius 2 is 2.13 bits per heavy atom. The standard InChI is InChI=1S/C13H18N6OS3/c1-9-15-10(7-21-9)6-18-2-4-19(5-3-18)11(20)8-22-13-17-16-12(14)23-13/h7H,2-6,8H2,1H3,(H2,14,16). The van der Waals surface area contributed by atoms with Crippen LogP contribution in [0.3, 0.4) is 0 Å². The van der Waals surface area contributed by atoms with Gasteiger partial charge in [0.25, 0.3) is 0 Å². The molecule has 1 fully saturated rings. The van der Waals surface area contributed by atoms with Crippen LogP contribution in [0, 0.1) is 6.92 Å². The van der Waals surface area contributed by atoms with Gasteiger partial charge in [-0.1, -0.05) is 23.1 Å². The molecule has 124 valence electrons. The van der Waals surface area contributed by atoms with Crippen LogP contribution in [0.1, 0.15) is 10.7 Å². The molecule has 0 aromatic carbocycles. The summed E-state index contributed by atoms with van der Waals surface area (Å²) in [6, 6.07) is 0. The number of hydrogen-bond donors (Lipinski definition) is 1. The number of carbonyl (C=O) groups is 1. The molecule has 1 aliphatic heterocycles. The van der Waals surface area contributed by atoms with Crippen LogP contribution >= 0.6 is 34.4 Å². The van der Waals surface area contributed by atoms with Crippen LogP contribution in [0.25, 0.3) is 0 Å². The third kappa shape index (κ3) is 4.63. The number of amides is 1. The molecule has 1 amide bonds. The van der Waals surface area contributed by atoms with Crippen molar-refractivity contribution in [3.8, 4) is 0 Å². The molecule has 23 heavy (non-hydrogen) atoms. The zero-order chi connectivity index (χ0) is 16.2. The molecule has 10 heteroatoms.